The molecule has 0 saturated carbocycles. The Morgan fingerprint density at radius 3 is 2.56 bits per heavy atom. The van der Waals surface area contributed by atoms with E-state index in [1.807, 2.05) is 4.90 Å². The second-order valence-corrected chi connectivity index (χ2v) is 5.77. The van der Waals surface area contributed by atoms with E-state index in [-0.39, 0.29) is 6.09 Å². The Kier molecular flexibility index (Phi) is 5.29. The average Bonchev–Trinajstić information content (AvgIpc) is 2.40. The fraction of sp³-hybridized carbons (Fsp3) is 0.929. The Balaban J connectivity index is 1.59. The van der Waals surface area contributed by atoms with E-state index in [0.29, 0.717) is 6.61 Å². The molecule has 0 aromatic carbocycles. The van der Waals surface area contributed by atoms with Crippen LogP contribution < -0.4 is 5.32 Å². The van der Waals surface area contributed by atoms with Gasteiger partial charge in [-0.3, -0.25) is 0 Å². The number of hydrogen-bond acceptors (Lipinski definition) is 3. The van der Waals surface area contributed by atoms with Gasteiger partial charge in [-0.15, -0.1) is 0 Å². The fourth-order valence-corrected chi connectivity index (χ4v) is 2.77. The van der Waals surface area contributed by atoms with Crippen molar-refractivity contribution < 1.29 is 9.53 Å². The Morgan fingerprint density at radius 1 is 1.22 bits per heavy atom. The maximum atomic E-state index is 11.8. The summed E-state index contributed by atoms with van der Waals surface area (Å²) >= 11 is 0. The molecule has 0 aromatic rings. The fourth-order valence-electron chi connectivity index (χ4n) is 2.77. The van der Waals surface area contributed by atoms with Crippen LogP contribution in [0.3, 0.4) is 0 Å². The first-order valence-corrected chi connectivity index (χ1v) is 7.38. The van der Waals surface area contributed by atoms with Crippen LogP contribution in [0.5, 0.6) is 0 Å². The van der Waals surface area contributed by atoms with Crippen molar-refractivity contribution in [2.45, 2.75) is 39.0 Å². The summed E-state index contributed by atoms with van der Waals surface area (Å²) < 4.78 is 5.39. The number of nitrogens with one attached hydrogen (secondary N) is 1. The van der Waals surface area contributed by atoms with Gasteiger partial charge in [0.25, 0.3) is 0 Å². The molecular formula is C14H26N2O2. The monoisotopic (exact) mass is 254 g/mol. The molecule has 0 atom stereocenters. The van der Waals surface area contributed by atoms with E-state index in [1.54, 1.807) is 0 Å². The molecule has 4 heteroatoms. The van der Waals surface area contributed by atoms with Gasteiger partial charge in [-0.25, -0.2) is 4.79 Å². The van der Waals surface area contributed by atoms with Gasteiger partial charge in [0.15, 0.2) is 0 Å². The van der Waals surface area contributed by atoms with Crippen molar-refractivity contribution >= 4 is 6.09 Å². The lowest BCUT2D eigenvalue weighted by molar-refractivity contribution is 0.0830. The van der Waals surface area contributed by atoms with Gasteiger partial charge in [-0.1, -0.05) is 6.92 Å². The summed E-state index contributed by atoms with van der Waals surface area (Å²) in [5.74, 6) is 1.49. The number of carbonyl (C=O) groups is 1. The first-order chi connectivity index (χ1) is 8.75. The summed E-state index contributed by atoms with van der Waals surface area (Å²) in [4.78, 5) is 13.7. The van der Waals surface area contributed by atoms with Gasteiger partial charge in [0.05, 0.1) is 6.61 Å². The topological polar surface area (TPSA) is 41.6 Å². The van der Waals surface area contributed by atoms with Crippen molar-refractivity contribution in [3.05, 3.63) is 0 Å². The molecule has 2 aliphatic rings. The minimum Gasteiger partial charge on any atom is -0.449 e. The van der Waals surface area contributed by atoms with Crippen molar-refractivity contribution in [3.63, 3.8) is 0 Å². The third kappa shape index (κ3) is 4.16. The van der Waals surface area contributed by atoms with E-state index < -0.39 is 0 Å². The molecule has 0 radical (unpaired) electrons. The van der Waals surface area contributed by atoms with Crippen molar-refractivity contribution in [1.29, 1.82) is 0 Å². The zero-order chi connectivity index (χ0) is 12.8. The molecule has 1 amide bonds. The van der Waals surface area contributed by atoms with E-state index in [4.69, 9.17) is 4.74 Å². The Labute approximate surface area is 110 Å². The van der Waals surface area contributed by atoms with Gasteiger partial charge < -0.3 is 15.0 Å². The van der Waals surface area contributed by atoms with Crippen LogP contribution >= 0.6 is 0 Å². The van der Waals surface area contributed by atoms with Crippen molar-refractivity contribution in [1.82, 2.24) is 10.2 Å². The first-order valence-electron chi connectivity index (χ1n) is 7.38. The highest BCUT2D eigenvalue weighted by Gasteiger charge is 2.21. The number of amides is 1. The molecule has 2 aliphatic heterocycles. The molecule has 2 rings (SSSR count). The van der Waals surface area contributed by atoms with Gasteiger partial charge in [0, 0.05) is 13.1 Å². The summed E-state index contributed by atoms with van der Waals surface area (Å²) in [6.45, 7) is 6.81. The predicted molar refractivity (Wildman–Crippen MR) is 71.5 cm³/mol. The maximum absolute atomic E-state index is 11.8. The second kappa shape index (κ2) is 6.98. The van der Waals surface area contributed by atoms with Gasteiger partial charge in [0.2, 0.25) is 0 Å². The molecule has 0 aromatic heterocycles. The highest BCUT2D eigenvalue weighted by Crippen LogP contribution is 2.18. The van der Waals surface area contributed by atoms with Crippen LogP contribution in [0.4, 0.5) is 4.79 Å². The van der Waals surface area contributed by atoms with E-state index in [2.05, 4.69) is 12.2 Å². The molecular weight excluding hydrogens is 228 g/mol. The average molecular weight is 254 g/mol. The summed E-state index contributed by atoms with van der Waals surface area (Å²) in [5, 5.41) is 3.35. The number of likely N-dealkylation sites (tertiary alicyclic amines) is 1. The Hall–Kier alpha value is -0.770. The number of carbonyl (C=O) groups excluding carboxylic acids is 1. The SMILES string of the molecule is CC1CCN(C(=O)OCCC2CCNCC2)CC1. The number of nitrogens with zero attached hydrogens (tertiary/aromatic N) is 1. The number of ether oxygens (including phenoxy) is 1. The zero-order valence-corrected chi connectivity index (χ0v) is 11.5. The predicted octanol–water partition coefficient (Wildman–Crippen LogP) is 2.24. The quantitative estimate of drug-likeness (QED) is 0.840. The largest absolute Gasteiger partial charge is 0.449 e. The molecule has 2 saturated heterocycles. The lowest BCUT2D eigenvalue weighted by Crippen LogP contribution is -2.38. The lowest BCUT2D eigenvalue weighted by Gasteiger charge is -2.29. The minimum absolute atomic E-state index is 0.101. The van der Waals surface area contributed by atoms with Crippen LogP contribution in [0.2, 0.25) is 0 Å². The highest BCUT2D eigenvalue weighted by atomic mass is 16.6. The molecule has 2 fully saturated rings. The third-order valence-corrected chi connectivity index (χ3v) is 4.25. The summed E-state index contributed by atoms with van der Waals surface area (Å²) in [6, 6.07) is 0. The van der Waals surface area contributed by atoms with Crippen LogP contribution in [0.15, 0.2) is 0 Å². The van der Waals surface area contributed by atoms with Crippen LogP contribution in [-0.2, 0) is 4.74 Å². The van der Waals surface area contributed by atoms with Gasteiger partial charge in [0.1, 0.15) is 0 Å². The van der Waals surface area contributed by atoms with Crippen molar-refractivity contribution in [3.8, 4) is 0 Å². The number of rotatable bonds is 3. The van der Waals surface area contributed by atoms with Crippen molar-refractivity contribution in [2.24, 2.45) is 11.8 Å². The van der Waals surface area contributed by atoms with E-state index in [1.165, 1.54) is 12.8 Å². The summed E-state index contributed by atoms with van der Waals surface area (Å²) in [6.07, 6.45) is 5.60. The van der Waals surface area contributed by atoms with Gasteiger partial charge in [-0.05, 0) is 57.0 Å². The number of hydrogen-bond donors (Lipinski definition) is 1. The lowest BCUT2D eigenvalue weighted by atomic mass is 9.95. The Morgan fingerprint density at radius 2 is 1.89 bits per heavy atom. The van der Waals surface area contributed by atoms with E-state index in [0.717, 1.165) is 57.3 Å². The molecule has 0 spiro atoms. The molecule has 0 bridgehead atoms. The van der Waals surface area contributed by atoms with Crippen LogP contribution in [0.25, 0.3) is 0 Å². The minimum atomic E-state index is -0.101. The maximum Gasteiger partial charge on any atom is 0.409 e. The van der Waals surface area contributed by atoms with Crippen LogP contribution in [-0.4, -0.2) is 43.8 Å². The van der Waals surface area contributed by atoms with E-state index >= 15 is 0 Å². The second-order valence-electron chi connectivity index (χ2n) is 5.77. The third-order valence-electron chi connectivity index (χ3n) is 4.25. The molecule has 4 nitrogen and oxygen atoms in total. The molecule has 104 valence electrons. The zero-order valence-electron chi connectivity index (χ0n) is 11.5. The first kappa shape index (κ1) is 13.7. The normalized spacial score (nSPS) is 23.1. The van der Waals surface area contributed by atoms with Crippen LogP contribution in [0.1, 0.15) is 39.0 Å². The molecule has 1 N–H and O–H groups in total. The molecule has 2 heterocycles. The van der Waals surface area contributed by atoms with Crippen molar-refractivity contribution in [2.75, 3.05) is 32.8 Å². The van der Waals surface area contributed by atoms with Gasteiger partial charge in [-0.2, -0.15) is 0 Å². The summed E-state index contributed by atoms with van der Waals surface area (Å²) in [5.41, 5.74) is 0. The summed E-state index contributed by atoms with van der Waals surface area (Å²) in [7, 11) is 0. The molecule has 18 heavy (non-hydrogen) atoms. The Bertz CT molecular complexity index is 257. The van der Waals surface area contributed by atoms with Gasteiger partial charge >= 0.3 is 6.09 Å². The smallest absolute Gasteiger partial charge is 0.409 e. The standard InChI is InChI=1S/C14H26N2O2/c1-12-4-9-16(10-5-12)14(17)18-11-6-13-2-7-15-8-3-13/h12-13,15H,2-11H2,1H3. The highest BCUT2D eigenvalue weighted by molar-refractivity contribution is 5.67. The van der Waals surface area contributed by atoms with Crippen LogP contribution in [0, 0.1) is 11.8 Å². The number of piperidine rings is 2. The van der Waals surface area contributed by atoms with E-state index in [9.17, 15) is 4.79 Å². The molecule has 0 unspecified atom stereocenters. The molecule has 0 aliphatic carbocycles.